The van der Waals surface area contributed by atoms with Gasteiger partial charge in [-0.3, -0.25) is 9.59 Å². The highest BCUT2D eigenvalue weighted by atomic mass is 16.5. The predicted octanol–water partition coefficient (Wildman–Crippen LogP) is 3.00. The van der Waals surface area contributed by atoms with Crippen LogP contribution in [0.5, 0.6) is 5.75 Å². The normalized spacial score (nSPS) is 10.2. The Balaban J connectivity index is 1.80. The van der Waals surface area contributed by atoms with E-state index in [1.165, 1.54) is 0 Å². The van der Waals surface area contributed by atoms with E-state index in [1.807, 2.05) is 63.2 Å². The molecule has 25 heavy (non-hydrogen) atoms. The molecule has 0 atom stereocenters. The number of para-hydroxylation sites is 2. The van der Waals surface area contributed by atoms with Crippen LogP contribution in [-0.2, 0) is 16.0 Å². The van der Waals surface area contributed by atoms with Crippen LogP contribution in [0, 0.1) is 13.8 Å². The fourth-order valence-electron chi connectivity index (χ4n) is 2.54. The number of carbonyl (C=O) groups excluding carboxylic acids is 2. The van der Waals surface area contributed by atoms with Gasteiger partial charge in [-0.05, 0) is 43.0 Å². The number of amides is 2. The molecule has 5 heteroatoms. The van der Waals surface area contributed by atoms with Gasteiger partial charge in [-0.2, -0.15) is 0 Å². The van der Waals surface area contributed by atoms with E-state index in [9.17, 15) is 9.59 Å². The zero-order chi connectivity index (χ0) is 18.2. The molecule has 0 spiro atoms. The molecular weight excluding hydrogens is 316 g/mol. The van der Waals surface area contributed by atoms with Crippen molar-refractivity contribution in [3.8, 4) is 5.75 Å². The summed E-state index contributed by atoms with van der Waals surface area (Å²) >= 11 is 0. The van der Waals surface area contributed by atoms with Crippen LogP contribution in [-0.4, -0.2) is 25.0 Å². The summed E-state index contributed by atoms with van der Waals surface area (Å²) in [4.78, 5) is 23.9. The van der Waals surface area contributed by atoms with Crippen molar-refractivity contribution in [2.24, 2.45) is 0 Å². The number of ether oxygens (including phenoxy) is 1. The van der Waals surface area contributed by atoms with Crippen LogP contribution >= 0.6 is 0 Å². The molecule has 0 radical (unpaired) electrons. The van der Waals surface area contributed by atoms with Crippen molar-refractivity contribution in [2.75, 3.05) is 18.5 Å². The minimum absolute atomic E-state index is 0.0903. The Morgan fingerprint density at radius 2 is 1.64 bits per heavy atom. The number of benzene rings is 2. The Bertz CT molecular complexity index is 736. The fraction of sp³-hybridized carbons (Fsp3) is 0.300. The molecule has 0 heterocycles. The number of carbonyl (C=O) groups is 2. The summed E-state index contributed by atoms with van der Waals surface area (Å²) in [5.41, 5.74) is 3.78. The predicted molar refractivity (Wildman–Crippen MR) is 98.9 cm³/mol. The first-order valence-corrected chi connectivity index (χ1v) is 8.34. The molecule has 0 saturated heterocycles. The Hall–Kier alpha value is -2.82. The summed E-state index contributed by atoms with van der Waals surface area (Å²) in [7, 11) is 0. The second kappa shape index (κ2) is 8.87. The van der Waals surface area contributed by atoms with Crippen molar-refractivity contribution in [3.05, 3.63) is 59.2 Å². The maximum atomic E-state index is 12.0. The number of hydrogen-bond donors (Lipinski definition) is 2. The smallest absolute Gasteiger partial charge is 0.258 e. The second-order valence-corrected chi connectivity index (χ2v) is 5.85. The number of hydrogen-bond acceptors (Lipinski definition) is 3. The van der Waals surface area contributed by atoms with E-state index >= 15 is 0 Å². The Morgan fingerprint density at radius 1 is 0.960 bits per heavy atom. The highest BCUT2D eigenvalue weighted by Crippen LogP contribution is 2.22. The lowest BCUT2D eigenvalue weighted by atomic mass is 10.1. The minimum Gasteiger partial charge on any atom is -0.483 e. The van der Waals surface area contributed by atoms with E-state index in [0.717, 1.165) is 28.8 Å². The first-order chi connectivity index (χ1) is 12.0. The average molecular weight is 340 g/mol. The maximum absolute atomic E-state index is 12.0. The third kappa shape index (κ3) is 5.35. The standard InChI is InChI=1S/C20H24N2O3/c1-4-16-10-5-6-11-17(16)22-18(23)12-21-19(24)13-25-20-14(2)8-7-9-15(20)3/h5-11H,4,12-13H2,1-3H3,(H,21,24)(H,22,23). The van der Waals surface area contributed by atoms with Crippen LogP contribution in [0.15, 0.2) is 42.5 Å². The number of anilines is 1. The van der Waals surface area contributed by atoms with Gasteiger partial charge in [0.2, 0.25) is 5.91 Å². The maximum Gasteiger partial charge on any atom is 0.258 e. The number of aryl methyl sites for hydroxylation is 3. The van der Waals surface area contributed by atoms with Gasteiger partial charge in [0.05, 0.1) is 6.54 Å². The van der Waals surface area contributed by atoms with Crippen LogP contribution in [0.2, 0.25) is 0 Å². The number of rotatable bonds is 7. The molecule has 0 unspecified atom stereocenters. The molecule has 2 rings (SSSR count). The largest absolute Gasteiger partial charge is 0.483 e. The zero-order valence-electron chi connectivity index (χ0n) is 14.9. The van der Waals surface area contributed by atoms with Gasteiger partial charge in [0.25, 0.3) is 5.91 Å². The van der Waals surface area contributed by atoms with Gasteiger partial charge < -0.3 is 15.4 Å². The molecule has 2 N–H and O–H groups in total. The van der Waals surface area contributed by atoms with Crippen LogP contribution in [0.3, 0.4) is 0 Å². The quantitative estimate of drug-likeness (QED) is 0.814. The summed E-state index contributed by atoms with van der Waals surface area (Å²) in [6.07, 6.45) is 0.826. The molecule has 0 fully saturated rings. The van der Waals surface area contributed by atoms with Gasteiger partial charge >= 0.3 is 0 Å². The minimum atomic E-state index is -0.332. The molecule has 0 aliphatic heterocycles. The van der Waals surface area contributed by atoms with E-state index < -0.39 is 0 Å². The lowest BCUT2D eigenvalue weighted by Gasteiger charge is -2.12. The summed E-state index contributed by atoms with van der Waals surface area (Å²) < 4.78 is 5.57. The van der Waals surface area contributed by atoms with Crippen molar-refractivity contribution in [2.45, 2.75) is 27.2 Å². The number of nitrogens with one attached hydrogen (secondary N) is 2. The molecule has 2 aromatic rings. The lowest BCUT2D eigenvalue weighted by Crippen LogP contribution is -2.36. The lowest BCUT2D eigenvalue weighted by molar-refractivity contribution is -0.125. The second-order valence-electron chi connectivity index (χ2n) is 5.85. The van der Waals surface area contributed by atoms with Gasteiger partial charge in [0.1, 0.15) is 5.75 Å². The third-order valence-corrected chi connectivity index (χ3v) is 3.87. The first-order valence-electron chi connectivity index (χ1n) is 8.34. The SMILES string of the molecule is CCc1ccccc1NC(=O)CNC(=O)COc1c(C)cccc1C. The van der Waals surface area contributed by atoms with Crippen LogP contribution in [0.1, 0.15) is 23.6 Å². The molecule has 0 aromatic heterocycles. The molecule has 5 nitrogen and oxygen atoms in total. The first kappa shape index (κ1) is 18.5. The molecule has 0 bridgehead atoms. The van der Waals surface area contributed by atoms with Gasteiger partial charge in [-0.15, -0.1) is 0 Å². The van der Waals surface area contributed by atoms with E-state index in [-0.39, 0.29) is 25.0 Å². The Labute approximate surface area is 148 Å². The highest BCUT2D eigenvalue weighted by Gasteiger charge is 2.10. The van der Waals surface area contributed by atoms with Crippen molar-refractivity contribution in [3.63, 3.8) is 0 Å². The monoisotopic (exact) mass is 340 g/mol. The summed E-state index contributed by atoms with van der Waals surface area (Å²) in [5, 5.41) is 5.39. The average Bonchev–Trinajstić information content (AvgIpc) is 2.60. The zero-order valence-corrected chi connectivity index (χ0v) is 14.9. The van der Waals surface area contributed by atoms with Gasteiger partial charge in [-0.1, -0.05) is 43.3 Å². The Kier molecular flexibility index (Phi) is 6.57. The van der Waals surface area contributed by atoms with Gasteiger partial charge in [0.15, 0.2) is 6.61 Å². The fourth-order valence-corrected chi connectivity index (χ4v) is 2.54. The van der Waals surface area contributed by atoms with Gasteiger partial charge in [0, 0.05) is 5.69 Å². The summed E-state index contributed by atoms with van der Waals surface area (Å²) in [6, 6.07) is 13.4. The molecule has 2 aromatic carbocycles. The van der Waals surface area contributed by atoms with Crippen molar-refractivity contribution < 1.29 is 14.3 Å². The van der Waals surface area contributed by atoms with Crippen molar-refractivity contribution in [1.29, 1.82) is 0 Å². The van der Waals surface area contributed by atoms with E-state index in [2.05, 4.69) is 10.6 Å². The van der Waals surface area contributed by atoms with E-state index in [0.29, 0.717) is 5.75 Å². The molecule has 132 valence electrons. The highest BCUT2D eigenvalue weighted by molar-refractivity contribution is 5.95. The Morgan fingerprint density at radius 3 is 2.32 bits per heavy atom. The molecular formula is C20H24N2O3. The molecule has 0 aliphatic carbocycles. The van der Waals surface area contributed by atoms with Crippen LogP contribution in [0.25, 0.3) is 0 Å². The van der Waals surface area contributed by atoms with E-state index in [4.69, 9.17) is 4.74 Å². The summed E-state index contributed by atoms with van der Waals surface area (Å²) in [6.45, 7) is 5.67. The third-order valence-electron chi connectivity index (χ3n) is 3.87. The van der Waals surface area contributed by atoms with Crippen LogP contribution in [0.4, 0.5) is 5.69 Å². The summed E-state index contributed by atoms with van der Waals surface area (Å²) in [5.74, 6) is 0.113. The topological polar surface area (TPSA) is 67.4 Å². The van der Waals surface area contributed by atoms with E-state index in [1.54, 1.807) is 0 Å². The molecule has 2 amide bonds. The van der Waals surface area contributed by atoms with Gasteiger partial charge in [-0.25, -0.2) is 0 Å². The van der Waals surface area contributed by atoms with Crippen LogP contribution < -0.4 is 15.4 Å². The van der Waals surface area contributed by atoms with Crippen molar-refractivity contribution in [1.82, 2.24) is 5.32 Å². The molecule has 0 saturated carbocycles. The van der Waals surface area contributed by atoms with Crippen molar-refractivity contribution >= 4 is 17.5 Å². The molecule has 0 aliphatic rings.